The molecule has 0 unspecified atom stereocenters. The van der Waals surface area contributed by atoms with Gasteiger partial charge in [-0.05, 0) is 22.6 Å². The number of hydrogen-bond donors (Lipinski definition) is 1. The smallest absolute Gasteiger partial charge is 0.262 e. The lowest BCUT2D eigenvalue weighted by Gasteiger charge is -2.36. The van der Waals surface area contributed by atoms with Crippen molar-refractivity contribution in [3.63, 3.8) is 0 Å². The lowest BCUT2D eigenvalue weighted by molar-refractivity contribution is -0.135. The fourth-order valence-corrected chi connectivity index (χ4v) is 4.50. The van der Waals surface area contributed by atoms with Crippen molar-refractivity contribution in [3.8, 4) is 0 Å². The van der Waals surface area contributed by atoms with Crippen molar-refractivity contribution in [2.75, 3.05) is 26.2 Å². The van der Waals surface area contributed by atoms with Gasteiger partial charge in [0, 0.05) is 39.1 Å². The van der Waals surface area contributed by atoms with Crippen molar-refractivity contribution in [1.82, 2.24) is 15.1 Å². The molecule has 31 heavy (non-hydrogen) atoms. The highest BCUT2D eigenvalue weighted by molar-refractivity contribution is 7.12. The van der Waals surface area contributed by atoms with Crippen molar-refractivity contribution >= 4 is 23.2 Å². The number of amides is 2. The first kappa shape index (κ1) is 21.3. The molecule has 1 atom stereocenters. The van der Waals surface area contributed by atoms with Crippen LogP contribution in [0, 0.1) is 0 Å². The molecule has 0 spiro atoms. The van der Waals surface area contributed by atoms with E-state index in [-0.39, 0.29) is 11.8 Å². The Morgan fingerprint density at radius 3 is 2.10 bits per heavy atom. The molecule has 3 aromatic rings. The summed E-state index contributed by atoms with van der Waals surface area (Å²) in [5.74, 6) is -0.194. The number of carbonyl (C=O) groups is 2. The Morgan fingerprint density at radius 2 is 1.48 bits per heavy atom. The zero-order valence-electron chi connectivity index (χ0n) is 17.4. The summed E-state index contributed by atoms with van der Waals surface area (Å²) in [6.45, 7) is 3.90. The minimum absolute atomic E-state index is 0.00637. The molecule has 0 aliphatic carbocycles. The third-order valence-electron chi connectivity index (χ3n) is 5.56. The molecule has 4 rings (SSSR count). The van der Waals surface area contributed by atoms with Gasteiger partial charge in [0.2, 0.25) is 5.91 Å². The van der Waals surface area contributed by atoms with Gasteiger partial charge in [-0.25, -0.2) is 0 Å². The summed E-state index contributed by atoms with van der Waals surface area (Å²) in [4.78, 5) is 30.9. The normalized spacial score (nSPS) is 15.4. The van der Waals surface area contributed by atoms with Crippen molar-refractivity contribution in [3.05, 3.63) is 94.2 Å². The first-order valence-electron chi connectivity index (χ1n) is 10.6. The second-order valence-electron chi connectivity index (χ2n) is 7.78. The highest BCUT2D eigenvalue weighted by Crippen LogP contribution is 2.14. The first-order chi connectivity index (χ1) is 15.2. The molecule has 160 valence electrons. The quantitative estimate of drug-likeness (QED) is 0.621. The first-order valence-corrected chi connectivity index (χ1v) is 11.5. The molecule has 1 N–H and O–H groups in total. The van der Waals surface area contributed by atoms with Crippen LogP contribution in [0.2, 0.25) is 0 Å². The molecule has 0 saturated carbocycles. The topological polar surface area (TPSA) is 52.7 Å². The molecule has 0 radical (unpaired) electrons. The average Bonchev–Trinajstić information content (AvgIpc) is 3.35. The van der Waals surface area contributed by atoms with Crippen LogP contribution < -0.4 is 5.32 Å². The van der Waals surface area contributed by atoms with E-state index in [9.17, 15) is 9.59 Å². The van der Waals surface area contributed by atoms with Crippen LogP contribution in [-0.4, -0.2) is 53.8 Å². The summed E-state index contributed by atoms with van der Waals surface area (Å²) in [6, 6.07) is 23.3. The van der Waals surface area contributed by atoms with E-state index in [4.69, 9.17) is 0 Å². The van der Waals surface area contributed by atoms with Gasteiger partial charge in [-0.2, -0.15) is 0 Å². The summed E-state index contributed by atoms with van der Waals surface area (Å²) in [5, 5.41) is 4.85. The van der Waals surface area contributed by atoms with Crippen LogP contribution in [0.4, 0.5) is 0 Å². The summed E-state index contributed by atoms with van der Waals surface area (Å²) in [7, 11) is 0. The van der Waals surface area contributed by atoms with Crippen LogP contribution in [0.25, 0.3) is 0 Å². The second kappa shape index (κ2) is 10.4. The van der Waals surface area contributed by atoms with Gasteiger partial charge < -0.3 is 10.2 Å². The maximum Gasteiger partial charge on any atom is 0.262 e. The molecule has 1 aliphatic rings. The van der Waals surface area contributed by atoms with E-state index in [0.29, 0.717) is 24.4 Å². The molecule has 1 aromatic heterocycles. The fraction of sp³-hybridized carbons (Fsp3) is 0.280. The van der Waals surface area contributed by atoms with E-state index >= 15 is 0 Å². The molecular formula is C25H27N3O2S. The van der Waals surface area contributed by atoms with Gasteiger partial charge in [-0.1, -0.05) is 66.7 Å². The van der Waals surface area contributed by atoms with E-state index in [2.05, 4.69) is 34.5 Å². The maximum atomic E-state index is 13.4. The van der Waals surface area contributed by atoms with E-state index < -0.39 is 6.04 Å². The number of nitrogens with zero attached hydrogens (tertiary/aromatic N) is 2. The van der Waals surface area contributed by atoms with Crippen molar-refractivity contribution in [2.24, 2.45) is 0 Å². The van der Waals surface area contributed by atoms with Crippen LogP contribution in [0.1, 0.15) is 20.8 Å². The predicted octanol–water partition coefficient (Wildman–Crippen LogP) is 3.43. The number of nitrogens with one attached hydrogen (secondary N) is 1. The zero-order valence-corrected chi connectivity index (χ0v) is 18.3. The van der Waals surface area contributed by atoms with Gasteiger partial charge in [0.1, 0.15) is 6.04 Å². The largest absolute Gasteiger partial charge is 0.339 e. The third-order valence-corrected chi connectivity index (χ3v) is 6.43. The molecular weight excluding hydrogens is 406 g/mol. The van der Waals surface area contributed by atoms with Gasteiger partial charge in [0.05, 0.1) is 4.88 Å². The van der Waals surface area contributed by atoms with Crippen molar-refractivity contribution in [2.45, 2.75) is 19.0 Å². The van der Waals surface area contributed by atoms with Gasteiger partial charge in [0.25, 0.3) is 5.91 Å². The monoisotopic (exact) mass is 433 g/mol. The molecule has 2 aromatic carbocycles. The van der Waals surface area contributed by atoms with E-state index in [1.54, 1.807) is 6.07 Å². The molecule has 2 amide bonds. The summed E-state index contributed by atoms with van der Waals surface area (Å²) < 4.78 is 0. The second-order valence-corrected chi connectivity index (χ2v) is 8.73. The number of piperazine rings is 1. The van der Waals surface area contributed by atoms with Crippen LogP contribution in [0.15, 0.2) is 78.2 Å². The summed E-state index contributed by atoms with van der Waals surface area (Å²) >= 11 is 1.38. The Kier molecular flexibility index (Phi) is 7.12. The van der Waals surface area contributed by atoms with Gasteiger partial charge in [-0.15, -0.1) is 11.3 Å². The van der Waals surface area contributed by atoms with E-state index in [0.717, 1.165) is 25.2 Å². The van der Waals surface area contributed by atoms with Crippen LogP contribution in [0.5, 0.6) is 0 Å². The fourth-order valence-electron chi connectivity index (χ4n) is 3.88. The number of hydrogen-bond acceptors (Lipinski definition) is 4. The molecule has 2 heterocycles. The minimum Gasteiger partial charge on any atom is -0.339 e. The Bertz CT molecular complexity index is 969. The number of carbonyl (C=O) groups excluding carboxylic acids is 2. The Balaban J connectivity index is 1.40. The van der Waals surface area contributed by atoms with Gasteiger partial charge >= 0.3 is 0 Å². The van der Waals surface area contributed by atoms with Crippen LogP contribution >= 0.6 is 11.3 Å². The maximum absolute atomic E-state index is 13.4. The predicted molar refractivity (Wildman–Crippen MR) is 124 cm³/mol. The van der Waals surface area contributed by atoms with Crippen LogP contribution in [0.3, 0.4) is 0 Å². The standard InChI is InChI=1S/C25H27N3O2S/c29-24(23-12-7-17-31-23)26-22(18-20-8-3-1-4-9-20)25(30)28-15-13-27(14-16-28)19-21-10-5-2-6-11-21/h1-12,17,22H,13-16,18-19H2,(H,26,29)/t22-/m0/s1. The highest BCUT2D eigenvalue weighted by Gasteiger charge is 2.29. The van der Waals surface area contributed by atoms with E-state index in [1.165, 1.54) is 16.9 Å². The number of thiophene rings is 1. The molecule has 0 bridgehead atoms. The zero-order chi connectivity index (χ0) is 21.5. The lowest BCUT2D eigenvalue weighted by Crippen LogP contribution is -2.55. The van der Waals surface area contributed by atoms with E-state index in [1.807, 2.05) is 52.7 Å². The Hall–Kier alpha value is -2.96. The van der Waals surface area contributed by atoms with Crippen molar-refractivity contribution in [1.29, 1.82) is 0 Å². The average molecular weight is 434 g/mol. The Labute approximate surface area is 187 Å². The molecule has 1 fully saturated rings. The van der Waals surface area contributed by atoms with Gasteiger partial charge in [0.15, 0.2) is 0 Å². The number of benzene rings is 2. The minimum atomic E-state index is -0.572. The molecule has 5 nitrogen and oxygen atoms in total. The van der Waals surface area contributed by atoms with Gasteiger partial charge in [-0.3, -0.25) is 14.5 Å². The molecule has 6 heteroatoms. The number of rotatable bonds is 7. The summed E-state index contributed by atoms with van der Waals surface area (Å²) in [6.07, 6.45) is 0.487. The molecule has 1 aliphatic heterocycles. The third kappa shape index (κ3) is 5.81. The Morgan fingerprint density at radius 1 is 0.839 bits per heavy atom. The lowest BCUT2D eigenvalue weighted by atomic mass is 10.0. The van der Waals surface area contributed by atoms with Crippen molar-refractivity contribution < 1.29 is 9.59 Å². The van der Waals surface area contributed by atoms with Crippen LogP contribution in [-0.2, 0) is 17.8 Å². The molecule has 1 saturated heterocycles. The highest BCUT2D eigenvalue weighted by atomic mass is 32.1. The summed E-state index contributed by atoms with van der Waals surface area (Å²) in [5.41, 5.74) is 2.32. The SMILES string of the molecule is O=C(N[C@@H](Cc1ccccc1)C(=O)N1CCN(Cc2ccccc2)CC1)c1cccs1.